The zero-order valence-electron chi connectivity index (χ0n) is 9.03. The standard InChI is InChI=1S/C10H13N3O3/c1-6(9(15)11-2)13-10(16)7-3-4-12-8(14)5-7/h3-6H,1-2H3,(H,11,15)(H,12,14)(H,13,16). The van der Waals surface area contributed by atoms with Crippen molar-refractivity contribution in [2.45, 2.75) is 13.0 Å². The average molecular weight is 223 g/mol. The topological polar surface area (TPSA) is 91.1 Å². The van der Waals surface area contributed by atoms with Gasteiger partial charge in [0.15, 0.2) is 0 Å². The van der Waals surface area contributed by atoms with Crippen molar-refractivity contribution in [1.29, 1.82) is 0 Å². The third kappa shape index (κ3) is 2.94. The SMILES string of the molecule is CNC(=O)C(C)NC(=O)c1cc[nH]c(=O)c1. The number of nitrogens with one attached hydrogen (secondary N) is 3. The number of aromatic nitrogens is 1. The lowest BCUT2D eigenvalue weighted by atomic mass is 10.2. The highest BCUT2D eigenvalue weighted by molar-refractivity contribution is 5.97. The fourth-order valence-corrected chi connectivity index (χ4v) is 1.15. The van der Waals surface area contributed by atoms with Crippen molar-refractivity contribution in [1.82, 2.24) is 15.6 Å². The van der Waals surface area contributed by atoms with Crippen molar-refractivity contribution in [2.24, 2.45) is 0 Å². The monoisotopic (exact) mass is 223 g/mol. The summed E-state index contributed by atoms with van der Waals surface area (Å²) in [6, 6.07) is 2.00. The summed E-state index contributed by atoms with van der Waals surface area (Å²) in [6.07, 6.45) is 1.38. The van der Waals surface area contributed by atoms with Gasteiger partial charge in [-0.3, -0.25) is 14.4 Å². The molecule has 0 saturated carbocycles. The first kappa shape index (κ1) is 12.0. The van der Waals surface area contributed by atoms with Crippen LogP contribution in [0.1, 0.15) is 17.3 Å². The smallest absolute Gasteiger partial charge is 0.252 e. The molecule has 6 nitrogen and oxygen atoms in total. The van der Waals surface area contributed by atoms with Crippen molar-refractivity contribution < 1.29 is 9.59 Å². The summed E-state index contributed by atoms with van der Waals surface area (Å²) >= 11 is 0. The molecule has 0 aliphatic carbocycles. The maximum absolute atomic E-state index is 11.6. The second-order valence-electron chi connectivity index (χ2n) is 3.25. The van der Waals surface area contributed by atoms with Crippen LogP contribution in [0.25, 0.3) is 0 Å². The van der Waals surface area contributed by atoms with Gasteiger partial charge in [-0.1, -0.05) is 0 Å². The van der Waals surface area contributed by atoms with Gasteiger partial charge < -0.3 is 15.6 Å². The van der Waals surface area contributed by atoms with E-state index < -0.39 is 11.9 Å². The van der Waals surface area contributed by atoms with Crippen LogP contribution in [0.3, 0.4) is 0 Å². The van der Waals surface area contributed by atoms with E-state index in [1.54, 1.807) is 6.92 Å². The molecule has 1 aromatic heterocycles. The van der Waals surface area contributed by atoms with Gasteiger partial charge >= 0.3 is 0 Å². The molecule has 0 aliphatic rings. The zero-order valence-corrected chi connectivity index (χ0v) is 9.03. The van der Waals surface area contributed by atoms with E-state index in [0.717, 1.165) is 0 Å². The molecule has 2 amide bonds. The molecule has 0 spiro atoms. The number of carbonyl (C=O) groups excluding carboxylic acids is 2. The molecule has 86 valence electrons. The predicted molar refractivity (Wildman–Crippen MR) is 58.1 cm³/mol. The number of H-pyrrole nitrogens is 1. The van der Waals surface area contributed by atoms with Crippen LogP contribution in [0.2, 0.25) is 0 Å². The van der Waals surface area contributed by atoms with Crippen molar-refractivity contribution in [3.63, 3.8) is 0 Å². The molecule has 1 atom stereocenters. The van der Waals surface area contributed by atoms with E-state index >= 15 is 0 Å². The highest BCUT2D eigenvalue weighted by Crippen LogP contribution is 1.94. The maximum Gasteiger partial charge on any atom is 0.252 e. The summed E-state index contributed by atoms with van der Waals surface area (Å²) in [5.41, 5.74) is -0.139. The summed E-state index contributed by atoms with van der Waals surface area (Å²) in [5.74, 6) is -0.750. The average Bonchev–Trinajstić information content (AvgIpc) is 2.27. The summed E-state index contributed by atoms with van der Waals surface area (Å²) in [7, 11) is 1.48. The molecule has 0 bridgehead atoms. The molecule has 3 N–H and O–H groups in total. The highest BCUT2D eigenvalue weighted by atomic mass is 16.2. The van der Waals surface area contributed by atoms with Gasteiger partial charge in [0.2, 0.25) is 11.5 Å². The molecule has 0 saturated heterocycles. The van der Waals surface area contributed by atoms with Crippen LogP contribution < -0.4 is 16.2 Å². The Balaban J connectivity index is 2.73. The molecule has 0 fully saturated rings. The fourth-order valence-electron chi connectivity index (χ4n) is 1.15. The van der Waals surface area contributed by atoms with Gasteiger partial charge in [0.1, 0.15) is 6.04 Å². The Labute approximate surface area is 92.1 Å². The van der Waals surface area contributed by atoms with Gasteiger partial charge in [0.25, 0.3) is 5.91 Å². The molecule has 16 heavy (non-hydrogen) atoms. The molecule has 0 radical (unpaired) electrons. The Bertz CT molecular complexity index is 453. The van der Waals surface area contributed by atoms with E-state index in [1.807, 2.05) is 0 Å². The van der Waals surface area contributed by atoms with Crippen LogP contribution in [0.15, 0.2) is 23.1 Å². The van der Waals surface area contributed by atoms with Crippen molar-refractivity contribution >= 4 is 11.8 Å². The number of hydrogen-bond acceptors (Lipinski definition) is 3. The lowest BCUT2D eigenvalue weighted by molar-refractivity contribution is -0.122. The summed E-state index contributed by atoms with van der Waals surface area (Å²) < 4.78 is 0. The van der Waals surface area contributed by atoms with Gasteiger partial charge in [0, 0.05) is 24.9 Å². The first-order chi connectivity index (χ1) is 7.54. The molecule has 0 aromatic carbocycles. The fraction of sp³-hybridized carbons (Fsp3) is 0.300. The van der Waals surface area contributed by atoms with E-state index in [1.165, 1.54) is 25.4 Å². The number of rotatable bonds is 3. The van der Waals surface area contributed by atoms with Gasteiger partial charge in [-0.2, -0.15) is 0 Å². The molecular formula is C10H13N3O3. The molecule has 1 rings (SSSR count). The second kappa shape index (κ2) is 5.11. The van der Waals surface area contributed by atoms with Gasteiger partial charge in [-0.25, -0.2) is 0 Å². The van der Waals surface area contributed by atoms with Crippen LogP contribution in [-0.2, 0) is 4.79 Å². The lowest BCUT2D eigenvalue weighted by Crippen LogP contribution is -2.43. The number of aromatic amines is 1. The predicted octanol–water partition coefficient (Wildman–Crippen LogP) is -0.761. The molecule has 1 unspecified atom stereocenters. The Morgan fingerprint density at radius 1 is 1.44 bits per heavy atom. The summed E-state index contributed by atoms with van der Waals surface area (Å²) in [6.45, 7) is 1.56. The third-order valence-electron chi connectivity index (χ3n) is 2.02. The minimum atomic E-state index is -0.642. The minimum absolute atomic E-state index is 0.222. The van der Waals surface area contributed by atoms with E-state index in [-0.39, 0.29) is 17.0 Å². The van der Waals surface area contributed by atoms with Gasteiger partial charge in [-0.15, -0.1) is 0 Å². The number of hydrogen-bond donors (Lipinski definition) is 3. The normalized spacial score (nSPS) is 11.6. The van der Waals surface area contributed by atoms with E-state index in [4.69, 9.17) is 0 Å². The van der Waals surface area contributed by atoms with Crippen LogP contribution in [-0.4, -0.2) is 29.9 Å². The van der Waals surface area contributed by atoms with Crippen molar-refractivity contribution in [3.8, 4) is 0 Å². The maximum atomic E-state index is 11.6. The number of likely N-dealkylation sites (N-methyl/N-ethyl adjacent to an activating group) is 1. The van der Waals surface area contributed by atoms with Gasteiger partial charge in [-0.05, 0) is 13.0 Å². The summed E-state index contributed by atoms with van der Waals surface area (Å²) in [5, 5.41) is 4.88. The van der Waals surface area contributed by atoms with Crippen LogP contribution in [0.4, 0.5) is 0 Å². The summed E-state index contributed by atoms with van der Waals surface area (Å²) in [4.78, 5) is 36.1. The molecular weight excluding hydrogens is 210 g/mol. The lowest BCUT2D eigenvalue weighted by Gasteiger charge is -2.11. The van der Waals surface area contributed by atoms with Crippen molar-refractivity contribution in [3.05, 3.63) is 34.2 Å². The molecule has 0 aliphatic heterocycles. The van der Waals surface area contributed by atoms with Gasteiger partial charge in [0.05, 0.1) is 0 Å². The van der Waals surface area contributed by atoms with Crippen LogP contribution in [0, 0.1) is 0 Å². The number of amides is 2. The Hall–Kier alpha value is -2.11. The Kier molecular flexibility index (Phi) is 3.82. The number of carbonyl (C=O) groups is 2. The Morgan fingerprint density at radius 2 is 2.12 bits per heavy atom. The van der Waals surface area contributed by atoms with Crippen LogP contribution >= 0.6 is 0 Å². The van der Waals surface area contributed by atoms with E-state index in [0.29, 0.717) is 0 Å². The minimum Gasteiger partial charge on any atom is -0.357 e. The van der Waals surface area contributed by atoms with E-state index in [9.17, 15) is 14.4 Å². The Morgan fingerprint density at radius 3 is 2.69 bits per heavy atom. The third-order valence-corrected chi connectivity index (χ3v) is 2.02. The van der Waals surface area contributed by atoms with Crippen LogP contribution in [0.5, 0.6) is 0 Å². The quantitative estimate of drug-likeness (QED) is 0.629. The molecule has 1 aromatic rings. The highest BCUT2D eigenvalue weighted by Gasteiger charge is 2.15. The second-order valence-corrected chi connectivity index (χ2v) is 3.25. The zero-order chi connectivity index (χ0) is 12.1. The largest absolute Gasteiger partial charge is 0.357 e. The number of pyridine rings is 1. The molecule has 6 heteroatoms. The first-order valence-electron chi connectivity index (χ1n) is 4.76. The first-order valence-corrected chi connectivity index (χ1v) is 4.76. The van der Waals surface area contributed by atoms with Crippen molar-refractivity contribution in [2.75, 3.05) is 7.05 Å². The molecule has 1 heterocycles. The van der Waals surface area contributed by atoms with E-state index in [2.05, 4.69) is 15.6 Å².